The van der Waals surface area contributed by atoms with Crippen LogP contribution >= 0.6 is 0 Å². The quantitative estimate of drug-likeness (QED) is 0.816. The molecule has 94 valence electrons. The highest BCUT2D eigenvalue weighted by Crippen LogP contribution is 2.12. The van der Waals surface area contributed by atoms with Crippen LogP contribution in [0.4, 0.5) is 0 Å². The zero-order valence-electron chi connectivity index (χ0n) is 10.2. The van der Waals surface area contributed by atoms with Gasteiger partial charge in [-0.25, -0.2) is 0 Å². The molecule has 0 amide bonds. The molecule has 0 radical (unpaired) electrons. The van der Waals surface area contributed by atoms with Crippen LogP contribution in [0, 0.1) is 5.92 Å². The van der Waals surface area contributed by atoms with Crippen LogP contribution in [-0.2, 0) is 17.9 Å². The SMILES string of the molecule is OCc1cccc(CNCC2CCCOC2)c1. The summed E-state index contributed by atoms with van der Waals surface area (Å²) in [6.07, 6.45) is 2.45. The molecule has 0 saturated carbocycles. The molecule has 0 bridgehead atoms. The van der Waals surface area contributed by atoms with E-state index in [2.05, 4.69) is 11.4 Å². The highest BCUT2D eigenvalue weighted by atomic mass is 16.5. The van der Waals surface area contributed by atoms with Crippen molar-refractivity contribution in [3.63, 3.8) is 0 Å². The first kappa shape index (κ1) is 12.6. The van der Waals surface area contributed by atoms with Crippen LogP contribution in [0.1, 0.15) is 24.0 Å². The number of aliphatic hydroxyl groups is 1. The molecule has 1 saturated heterocycles. The van der Waals surface area contributed by atoms with Crippen molar-refractivity contribution in [3.05, 3.63) is 35.4 Å². The van der Waals surface area contributed by atoms with Gasteiger partial charge in [0.1, 0.15) is 0 Å². The third kappa shape index (κ3) is 4.11. The number of rotatable bonds is 5. The van der Waals surface area contributed by atoms with Gasteiger partial charge in [0.15, 0.2) is 0 Å². The molecule has 0 spiro atoms. The number of hydrogen-bond acceptors (Lipinski definition) is 3. The average molecular weight is 235 g/mol. The summed E-state index contributed by atoms with van der Waals surface area (Å²) in [7, 11) is 0. The van der Waals surface area contributed by atoms with Crippen molar-refractivity contribution in [2.75, 3.05) is 19.8 Å². The number of aliphatic hydroxyl groups excluding tert-OH is 1. The van der Waals surface area contributed by atoms with Crippen LogP contribution in [0.3, 0.4) is 0 Å². The zero-order valence-corrected chi connectivity index (χ0v) is 10.2. The predicted octanol–water partition coefficient (Wildman–Crippen LogP) is 1.70. The fourth-order valence-corrected chi connectivity index (χ4v) is 2.23. The van der Waals surface area contributed by atoms with Crippen LogP contribution in [0.25, 0.3) is 0 Å². The molecule has 1 aliphatic heterocycles. The summed E-state index contributed by atoms with van der Waals surface area (Å²) in [5, 5.41) is 12.5. The minimum absolute atomic E-state index is 0.115. The fraction of sp³-hybridized carbons (Fsp3) is 0.571. The molecular weight excluding hydrogens is 214 g/mol. The smallest absolute Gasteiger partial charge is 0.0681 e. The second-order valence-electron chi connectivity index (χ2n) is 4.69. The first-order valence-corrected chi connectivity index (χ1v) is 6.35. The Morgan fingerprint density at radius 2 is 2.24 bits per heavy atom. The minimum atomic E-state index is 0.115. The van der Waals surface area contributed by atoms with Crippen LogP contribution in [0.15, 0.2) is 24.3 Å². The van der Waals surface area contributed by atoms with E-state index in [0.29, 0.717) is 5.92 Å². The van der Waals surface area contributed by atoms with E-state index in [1.807, 2.05) is 18.2 Å². The molecule has 1 aromatic carbocycles. The maximum atomic E-state index is 9.05. The number of nitrogens with one attached hydrogen (secondary N) is 1. The first-order valence-electron chi connectivity index (χ1n) is 6.35. The van der Waals surface area contributed by atoms with Gasteiger partial charge in [-0.05, 0) is 29.9 Å². The maximum absolute atomic E-state index is 9.05. The molecule has 2 rings (SSSR count). The molecule has 1 heterocycles. The molecule has 1 fully saturated rings. The van der Waals surface area contributed by atoms with Crippen molar-refractivity contribution in [2.24, 2.45) is 5.92 Å². The molecule has 1 atom stereocenters. The molecule has 2 N–H and O–H groups in total. The Kier molecular flexibility index (Phi) is 4.98. The van der Waals surface area contributed by atoms with Gasteiger partial charge >= 0.3 is 0 Å². The van der Waals surface area contributed by atoms with E-state index >= 15 is 0 Å². The largest absolute Gasteiger partial charge is 0.392 e. The lowest BCUT2D eigenvalue weighted by atomic mass is 10.0. The van der Waals surface area contributed by atoms with E-state index in [1.54, 1.807) is 0 Å². The second-order valence-corrected chi connectivity index (χ2v) is 4.69. The van der Waals surface area contributed by atoms with E-state index in [0.717, 1.165) is 31.9 Å². The Labute approximate surface area is 103 Å². The predicted molar refractivity (Wildman–Crippen MR) is 67.6 cm³/mol. The molecule has 1 aliphatic rings. The third-order valence-electron chi connectivity index (χ3n) is 3.19. The van der Waals surface area contributed by atoms with Gasteiger partial charge in [-0.3, -0.25) is 0 Å². The van der Waals surface area contributed by atoms with Crippen LogP contribution in [-0.4, -0.2) is 24.9 Å². The summed E-state index contributed by atoms with van der Waals surface area (Å²) in [5.41, 5.74) is 2.21. The molecule has 17 heavy (non-hydrogen) atoms. The molecule has 0 aromatic heterocycles. The average Bonchev–Trinajstić information content (AvgIpc) is 2.40. The summed E-state index contributed by atoms with van der Waals surface area (Å²) in [6, 6.07) is 8.07. The Morgan fingerprint density at radius 3 is 3.00 bits per heavy atom. The fourth-order valence-electron chi connectivity index (χ4n) is 2.23. The van der Waals surface area contributed by atoms with Crippen molar-refractivity contribution in [1.82, 2.24) is 5.32 Å². The Morgan fingerprint density at radius 1 is 1.35 bits per heavy atom. The minimum Gasteiger partial charge on any atom is -0.392 e. The topological polar surface area (TPSA) is 41.5 Å². The first-order chi connectivity index (χ1) is 8.38. The Hall–Kier alpha value is -0.900. The molecular formula is C14H21NO2. The lowest BCUT2D eigenvalue weighted by Gasteiger charge is -2.22. The number of benzene rings is 1. The van der Waals surface area contributed by atoms with E-state index < -0.39 is 0 Å². The van der Waals surface area contributed by atoms with Gasteiger partial charge < -0.3 is 15.2 Å². The maximum Gasteiger partial charge on any atom is 0.0681 e. The van der Waals surface area contributed by atoms with Crippen LogP contribution in [0.5, 0.6) is 0 Å². The van der Waals surface area contributed by atoms with E-state index in [9.17, 15) is 0 Å². The van der Waals surface area contributed by atoms with Gasteiger partial charge in [0.2, 0.25) is 0 Å². The van der Waals surface area contributed by atoms with Crippen LogP contribution in [0.2, 0.25) is 0 Å². The lowest BCUT2D eigenvalue weighted by molar-refractivity contribution is 0.0547. The molecule has 3 heteroatoms. The van der Waals surface area contributed by atoms with Gasteiger partial charge in [-0.15, -0.1) is 0 Å². The summed E-state index contributed by atoms with van der Waals surface area (Å²) in [5.74, 6) is 0.657. The van der Waals surface area contributed by atoms with Gasteiger partial charge in [-0.1, -0.05) is 24.3 Å². The summed E-state index contributed by atoms with van der Waals surface area (Å²) in [6.45, 7) is 3.82. The van der Waals surface area contributed by atoms with Gasteiger partial charge in [0.05, 0.1) is 13.2 Å². The molecule has 3 nitrogen and oxygen atoms in total. The van der Waals surface area contributed by atoms with E-state index in [-0.39, 0.29) is 6.61 Å². The van der Waals surface area contributed by atoms with Crippen molar-refractivity contribution in [3.8, 4) is 0 Å². The van der Waals surface area contributed by atoms with Crippen molar-refractivity contribution in [2.45, 2.75) is 26.0 Å². The summed E-state index contributed by atoms with van der Waals surface area (Å²) < 4.78 is 5.45. The van der Waals surface area contributed by atoms with Gasteiger partial charge in [0, 0.05) is 19.7 Å². The normalized spacial score (nSPS) is 20.4. The highest BCUT2D eigenvalue weighted by molar-refractivity contribution is 5.22. The van der Waals surface area contributed by atoms with Gasteiger partial charge in [0.25, 0.3) is 0 Å². The lowest BCUT2D eigenvalue weighted by Crippen LogP contribution is -2.28. The summed E-state index contributed by atoms with van der Waals surface area (Å²) in [4.78, 5) is 0. The Bertz CT molecular complexity index is 335. The molecule has 1 unspecified atom stereocenters. The summed E-state index contributed by atoms with van der Waals surface area (Å²) >= 11 is 0. The van der Waals surface area contributed by atoms with E-state index in [4.69, 9.17) is 9.84 Å². The van der Waals surface area contributed by atoms with E-state index in [1.165, 1.54) is 18.4 Å². The van der Waals surface area contributed by atoms with Gasteiger partial charge in [-0.2, -0.15) is 0 Å². The number of ether oxygens (including phenoxy) is 1. The van der Waals surface area contributed by atoms with Crippen LogP contribution < -0.4 is 5.32 Å². The zero-order chi connectivity index (χ0) is 11.9. The van der Waals surface area contributed by atoms with Crippen molar-refractivity contribution >= 4 is 0 Å². The third-order valence-corrected chi connectivity index (χ3v) is 3.19. The Balaban J connectivity index is 1.73. The highest BCUT2D eigenvalue weighted by Gasteiger charge is 2.12. The molecule has 0 aliphatic carbocycles. The van der Waals surface area contributed by atoms with Crippen molar-refractivity contribution in [1.29, 1.82) is 0 Å². The standard InChI is InChI=1S/C14H21NO2/c16-10-13-4-1-3-12(7-13)8-15-9-14-5-2-6-17-11-14/h1,3-4,7,14-16H,2,5-6,8-11H2. The monoisotopic (exact) mass is 235 g/mol. The van der Waals surface area contributed by atoms with Crippen molar-refractivity contribution < 1.29 is 9.84 Å². The molecule has 1 aromatic rings. The second kappa shape index (κ2) is 6.74. The number of hydrogen-bond donors (Lipinski definition) is 2.